The van der Waals surface area contributed by atoms with Crippen molar-refractivity contribution in [1.29, 1.82) is 0 Å². The fourth-order valence-electron chi connectivity index (χ4n) is 1.93. The van der Waals surface area contributed by atoms with E-state index in [9.17, 15) is 9.59 Å². The second kappa shape index (κ2) is 4.91. The molecule has 1 heterocycles. The van der Waals surface area contributed by atoms with Gasteiger partial charge in [0.1, 0.15) is 24.7 Å². The zero-order valence-electron chi connectivity index (χ0n) is 11.2. The average Bonchev–Trinajstić information content (AvgIpc) is 2.41. The van der Waals surface area contributed by atoms with Gasteiger partial charge in [0.2, 0.25) is 0 Å². The monoisotopic (exact) mass is 264 g/mol. The van der Waals surface area contributed by atoms with Gasteiger partial charge in [0.05, 0.1) is 18.1 Å². The van der Waals surface area contributed by atoms with Gasteiger partial charge < -0.3 is 14.2 Å². The molecule has 0 amide bonds. The Morgan fingerprint density at radius 3 is 2.84 bits per heavy atom. The number of carbonyl (C=O) groups is 2. The van der Waals surface area contributed by atoms with E-state index in [0.29, 0.717) is 17.1 Å². The van der Waals surface area contributed by atoms with Gasteiger partial charge in [-0.2, -0.15) is 0 Å². The Morgan fingerprint density at radius 1 is 1.47 bits per heavy atom. The first-order valence-corrected chi connectivity index (χ1v) is 5.95. The van der Waals surface area contributed by atoms with Crippen LogP contribution in [0, 0.1) is 5.41 Å². The number of esters is 1. The molecule has 0 aromatic heterocycles. The predicted octanol–water partition coefficient (Wildman–Crippen LogP) is 1.84. The Morgan fingerprint density at radius 2 is 2.21 bits per heavy atom. The fourth-order valence-corrected chi connectivity index (χ4v) is 1.93. The van der Waals surface area contributed by atoms with Gasteiger partial charge in [-0.05, 0) is 19.1 Å². The summed E-state index contributed by atoms with van der Waals surface area (Å²) < 4.78 is 15.6. The molecule has 1 aromatic rings. The molecule has 5 heteroatoms. The Hall–Kier alpha value is -2.04. The lowest BCUT2D eigenvalue weighted by Gasteiger charge is -2.32. The van der Waals surface area contributed by atoms with E-state index in [2.05, 4.69) is 0 Å². The van der Waals surface area contributed by atoms with E-state index >= 15 is 0 Å². The molecule has 0 saturated heterocycles. The lowest BCUT2D eigenvalue weighted by molar-refractivity contribution is -0.143. The molecule has 0 aliphatic carbocycles. The van der Waals surface area contributed by atoms with Crippen LogP contribution in [-0.2, 0) is 9.53 Å². The van der Waals surface area contributed by atoms with E-state index in [4.69, 9.17) is 14.2 Å². The van der Waals surface area contributed by atoms with Gasteiger partial charge in [-0.1, -0.05) is 0 Å². The van der Waals surface area contributed by atoms with Gasteiger partial charge in [0, 0.05) is 13.0 Å². The Bertz CT molecular complexity index is 523. The summed E-state index contributed by atoms with van der Waals surface area (Å²) in [5.74, 6) is 0.645. The number of hydrogen-bond donors (Lipinski definition) is 0. The maximum absolute atomic E-state index is 12.4. The van der Waals surface area contributed by atoms with Gasteiger partial charge in [0.15, 0.2) is 5.78 Å². The molecule has 19 heavy (non-hydrogen) atoms. The highest BCUT2D eigenvalue weighted by atomic mass is 16.5. The maximum atomic E-state index is 12.4. The van der Waals surface area contributed by atoms with E-state index < -0.39 is 11.4 Å². The third-order valence-electron chi connectivity index (χ3n) is 3.12. The summed E-state index contributed by atoms with van der Waals surface area (Å²) in [6, 6.07) is 5.05. The summed E-state index contributed by atoms with van der Waals surface area (Å²) in [7, 11) is 1.55. The summed E-state index contributed by atoms with van der Waals surface area (Å²) in [6.45, 7) is 3.24. The number of methoxy groups -OCH3 is 1. The van der Waals surface area contributed by atoms with Gasteiger partial charge in [-0.3, -0.25) is 9.59 Å². The maximum Gasteiger partial charge on any atom is 0.302 e. The largest absolute Gasteiger partial charge is 0.497 e. The minimum atomic E-state index is -0.840. The zero-order valence-corrected chi connectivity index (χ0v) is 11.2. The number of ether oxygens (including phenoxy) is 3. The van der Waals surface area contributed by atoms with E-state index in [1.807, 2.05) is 0 Å². The van der Waals surface area contributed by atoms with Crippen LogP contribution in [0.4, 0.5) is 0 Å². The van der Waals surface area contributed by atoms with Crippen LogP contribution in [-0.4, -0.2) is 32.1 Å². The number of carbonyl (C=O) groups excluding carboxylic acids is 2. The Balaban J connectivity index is 2.26. The zero-order chi connectivity index (χ0) is 14.0. The van der Waals surface area contributed by atoms with Crippen molar-refractivity contribution in [1.82, 2.24) is 0 Å². The van der Waals surface area contributed by atoms with E-state index in [1.165, 1.54) is 6.92 Å². The summed E-state index contributed by atoms with van der Waals surface area (Å²) >= 11 is 0. The summed E-state index contributed by atoms with van der Waals surface area (Å²) in [6.07, 6.45) is 0. The Kier molecular flexibility index (Phi) is 3.46. The van der Waals surface area contributed by atoms with Gasteiger partial charge >= 0.3 is 5.97 Å². The molecule has 1 aliphatic heterocycles. The molecule has 1 atom stereocenters. The van der Waals surface area contributed by atoms with Crippen molar-refractivity contribution in [2.75, 3.05) is 20.3 Å². The van der Waals surface area contributed by atoms with Crippen LogP contribution < -0.4 is 9.47 Å². The minimum absolute atomic E-state index is 0.0205. The number of hydrogen-bond acceptors (Lipinski definition) is 5. The molecular weight excluding hydrogens is 248 g/mol. The third-order valence-corrected chi connectivity index (χ3v) is 3.12. The topological polar surface area (TPSA) is 61.8 Å². The highest BCUT2D eigenvalue weighted by Crippen LogP contribution is 2.36. The van der Waals surface area contributed by atoms with Crippen molar-refractivity contribution < 1.29 is 23.8 Å². The molecule has 0 fully saturated rings. The molecule has 0 N–H and O–H groups in total. The summed E-state index contributed by atoms with van der Waals surface area (Å²) in [5.41, 5.74) is -0.352. The van der Waals surface area contributed by atoms with Crippen LogP contribution in [0.15, 0.2) is 18.2 Å². The Labute approximate surface area is 111 Å². The van der Waals surface area contributed by atoms with E-state index in [0.717, 1.165) is 0 Å². The highest BCUT2D eigenvalue weighted by molar-refractivity contribution is 6.04. The quantitative estimate of drug-likeness (QED) is 0.779. The van der Waals surface area contributed by atoms with Crippen LogP contribution in [0.1, 0.15) is 24.2 Å². The lowest BCUT2D eigenvalue weighted by atomic mass is 9.81. The first kappa shape index (κ1) is 13.4. The molecule has 5 nitrogen and oxygen atoms in total. The van der Waals surface area contributed by atoms with E-state index in [-0.39, 0.29) is 19.0 Å². The number of rotatable bonds is 3. The predicted molar refractivity (Wildman–Crippen MR) is 67.6 cm³/mol. The van der Waals surface area contributed by atoms with E-state index in [1.54, 1.807) is 32.2 Å². The highest BCUT2D eigenvalue weighted by Gasteiger charge is 2.41. The number of Topliss-reactive ketones (excluding diaryl/α,β-unsaturated/α-hetero) is 1. The molecular formula is C14H16O5. The third kappa shape index (κ3) is 2.54. The minimum Gasteiger partial charge on any atom is -0.497 e. The standard InChI is InChI=1S/C14H16O5/c1-9(15)18-7-14(2)8-19-12-6-10(17-3)4-5-11(12)13(14)16/h4-6H,7-8H2,1-3H3/t14-/m1/s1. The smallest absolute Gasteiger partial charge is 0.302 e. The average molecular weight is 264 g/mol. The summed E-state index contributed by atoms with van der Waals surface area (Å²) in [5, 5.41) is 0. The molecule has 102 valence electrons. The van der Waals surface area contributed by atoms with Crippen molar-refractivity contribution >= 4 is 11.8 Å². The van der Waals surface area contributed by atoms with Crippen LogP contribution in [0.25, 0.3) is 0 Å². The van der Waals surface area contributed by atoms with Crippen molar-refractivity contribution in [3.05, 3.63) is 23.8 Å². The van der Waals surface area contributed by atoms with Crippen LogP contribution >= 0.6 is 0 Å². The first-order valence-electron chi connectivity index (χ1n) is 5.95. The fraction of sp³-hybridized carbons (Fsp3) is 0.429. The van der Waals surface area contributed by atoms with Gasteiger partial charge in [0.25, 0.3) is 0 Å². The number of fused-ring (bicyclic) bond motifs is 1. The van der Waals surface area contributed by atoms with Crippen LogP contribution in [0.2, 0.25) is 0 Å². The molecule has 1 aliphatic rings. The van der Waals surface area contributed by atoms with Crippen molar-refractivity contribution in [3.8, 4) is 11.5 Å². The van der Waals surface area contributed by atoms with Crippen LogP contribution in [0.5, 0.6) is 11.5 Å². The molecule has 0 unspecified atom stereocenters. The van der Waals surface area contributed by atoms with Crippen LogP contribution in [0.3, 0.4) is 0 Å². The van der Waals surface area contributed by atoms with Gasteiger partial charge in [-0.15, -0.1) is 0 Å². The van der Waals surface area contributed by atoms with Gasteiger partial charge in [-0.25, -0.2) is 0 Å². The number of benzene rings is 1. The molecule has 0 bridgehead atoms. The summed E-state index contributed by atoms with van der Waals surface area (Å²) in [4.78, 5) is 23.3. The SMILES string of the molecule is COc1ccc2c(c1)OC[C@@](C)(COC(C)=O)C2=O. The second-order valence-electron chi connectivity index (χ2n) is 4.82. The molecule has 0 saturated carbocycles. The number of ketones is 1. The molecule has 1 aromatic carbocycles. The van der Waals surface area contributed by atoms with Crippen molar-refractivity contribution in [3.63, 3.8) is 0 Å². The molecule has 2 rings (SSSR count). The van der Waals surface area contributed by atoms with Crippen molar-refractivity contribution in [2.24, 2.45) is 5.41 Å². The first-order chi connectivity index (χ1) is 8.96. The molecule has 0 spiro atoms. The lowest BCUT2D eigenvalue weighted by Crippen LogP contribution is -2.42. The molecule has 0 radical (unpaired) electrons. The second-order valence-corrected chi connectivity index (χ2v) is 4.82. The normalized spacial score (nSPS) is 21.3. The van der Waals surface area contributed by atoms with Crippen molar-refractivity contribution in [2.45, 2.75) is 13.8 Å².